The van der Waals surface area contributed by atoms with Gasteiger partial charge in [-0.05, 0) is 31.5 Å². The summed E-state index contributed by atoms with van der Waals surface area (Å²) >= 11 is 12.3. The van der Waals surface area contributed by atoms with Gasteiger partial charge >= 0.3 is 0 Å². The highest BCUT2D eigenvalue weighted by Crippen LogP contribution is 2.24. The summed E-state index contributed by atoms with van der Waals surface area (Å²) in [6.45, 7) is 4.62. The number of nitrogens with zero attached hydrogens (tertiary/aromatic N) is 2. The predicted octanol–water partition coefficient (Wildman–Crippen LogP) is 3.78. The fourth-order valence-electron chi connectivity index (χ4n) is 2.21. The van der Waals surface area contributed by atoms with E-state index in [0.717, 1.165) is 17.8 Å². The second kappa shape index (κ2) is 6.50. The first-order valence-corrected chi connectivity index (χ1v) is 7.55. The molecule has 4 nitrogen and oxygen atoms in total. The summed E-state index contributed by atoms with van der Waals surface area (Å²) in [7, 11) is 0. The first kappa shape index (κ1) is 15.9. The van der Waals surface area contributed by atoms with Crippen molar-refractivity contribution in [2.45, 2.75) is 33.2 Å². The number of hydrogen-bond donors (Lipinski definition) is 1. The number of rotatable bonds is 5. The van der Waals surface area contributed by atoms with Crippen LogP contribution in [0.3, 0.4) is 0 Å². The van der Waals surface area contributed by atoms with Crippen LogP contribution in [-0.2, 0) is 19.4 Å². The Bertz CT molecular complexity index is 660. The van der Waals surface area contributed by atoms with E-state index in [0.29, 0.717) is 27.8 Å². The largest absolute Gasteiger partial charge is 0.399 e. The Hall–Kier alpha value is -1.52. The zero-order chi connectivity index (χ0) is 15.6. The highest BCUT2D eigenvalue weighted by molar-refractivity contribution is 6.32. The summed E-state index contributed by atoms with van der Waals surface area (Å²) in [6, 6.07) is 4.84. The van der Waals surface area contributed by atoms with Gasteiger partial charge in [-0.25, -0.2) is 0 Å². The molecule has 0 aliphatic heterocycles. The van der Waals surface area contributed by atoms with Gasteiger partial charge in [-0.15, -0.1) is 0 Å². The zero-order valence-corrected chi connectivity index (χ0v) is 13.5. The van der Waals surface area contributed by atoms with Gasteiger partial charge in [0.2, 0.25) is 0 Å². The molecule has 1 aromatic heterocycles. The van der Waals surface area contributed by atoms with Gasteiger partial charge in [-0.2, -0.15) is 5.10 Å². The number of halogens is 2. The van der Waals surface area contributed by atoms with Crippen molar-refractivity contribution < 1.29 is 4.79 Å². The second-order valence-corrected chi connectivity index (χ2v) is 5.56. The predicted molar refractivity (Wildman–Crippen MR) is 86.2 cm³/mol. The minimum atomic E-state index is -0.0802. The molecular weight excluding hydrogens is 309 g/mol. The van der Waals surface area contributed by atoms with Crippen LogP contribution in [0.4, 0.5) is 5.69 Å². The number of nitrogen functional groups attached to an aromatic ring is 1. The average Bonchev–Trinajstić information content (AvgIpc) is 2.74. The summed E-state index contributed by atoms with van der Waals surface area (Å²) < 4.78 is 1.77. The third-order valence-corrected chi connectivity index (χ3v) is 3.92. The molecule has 0 radical (unpaired) electrons. The molecule has 2 N–H and O–H groups in total. The number of aromatic nitrogens is 2. The quantitative estimate of drug-likeness (QED) is 0.672. The van der Waals surface area contributed by atoms with Gasteiger partial charge < -0.3 is 5.73 Å². The lowest BCUT2D eigenvalue weighted by Crippen LogP contribution is -2.10. The fourth-order valence-corrected chi connectivity index (χ4v) is 2.79. The molecule has 6 heteroatoms. The Kier molecular flexibility index (Phi) is 4.91. The molecule has 0 spiro atoms. The van der Waals surface area contributed by atoms with Gasteiger partial charge in [-0.3, -0.25) is 9.48 Å². The van der Waals surface area contributed by atoms with Crippen molar-refractivity contribution in [2.24, 2.45) is 0 Å². The highest BCUT2D eigenvalue weighted by atomic mass is 35.5. The molecular formula is C15H17Cl2N3O. The molecule has 2 aromatic rings. The number of ketones is 1. The molecule has 0 saturated heterocycles. The molecule has 1 heterocycles. The van der Waals surface area contributed by atoms with E-state index in [1.165, 1.54) is 0 Å². The van der Waals surface area contributed by atoms with E-state index in [-0.39, 0.29) is 12.2 Å². The zero-order valence-electron chi connectivity index (χ0n) is 12.0. The van der Waals surface area contributed by atoms with Crippen molar-refractivity contribution in [1.29, 1.82) is 0 Å². The van der Waals surface area contributed by atoms with E-state index < -0.39 is 0 Å². The fraction of sp³-hybridized carbons (Fsp3) is 0.333. The van der Waals surface area contributed by atoms with Crippen molar-refractivity contribution in [3.8, 4) is 0 Å². The lowest BCUT2D eigenvalue weighted by atomic mass is 10.1. The van der Waals surface area contributed by atoms with Crippen LogP contribution in [0, 0.1) is 0 Å². The van der Waals surface area contributed by atoms with Crippen molar-refractivity contribution in [3.63, 3.8) is 0 Å². The van der Waals surface area contributed by atoms with Gasteiger partial charge in [0, 0.05) is 22.8 Å². The number of carbonyl (C=O) groups is 1. The molecule has 0 unspecified atom stereocenters. The average molecular weight is 326 g/mol. The minimum absolute atomic E-state index is 0.0802. The Balaban J connectivity index is 2.33. The first-order chi connectivity index (χ1) is 9.96. The van der Waals surface area contributed by atoms with E-state index in [9.17, 15) is 4.79 Å². The monoisotopic (exact) mass is 325 g/mol. The SMILES string of the molecule is CCc1nn(CC)c(CC(=O)c2cc(N)cc(Cl)c2)c1Cl. The molecule has 21 heavy (non-hydrogen) atoms. The second-order valence-electron chi connectivity index (χ2n) is 4.75. The number of carbonyl (C=O) groups excluding carboxylic acids is 1. The third-order valence-electron chi connectivity index (χ3n) is 3.26. The lowest BCUT2D eigenvalue weighted by molar-refractivity contribution is 0.0990. The molecule has 1 aromatic carbocycles. The standard InChI is InChI=1S/C15H17Cl2N3O/c1-3-12-15(17)13(20(4-2)19-12)8-14(21)9-5-10(16)7-11(18)6-9/h5-7H,3-4,8,18H2,1-2H3. The van der Waals surface area contributed by atoms with Gasteiger partial charge in [0.1, 0.15) is 0 Å². The highest BCUT2D eigenvalue weighted by Gasteiger charge is 2.18. The van der Waals surface area contributed by atoms with Gasteiger partial charge in [0.25, 0.3) is 0 Å². The molecule has 0 bridgehead atoms. The number of benzene rings is 1. The molecule has 0 saturated carbocycles. The van der Waals surface area contributed by atoms with E-state index >= 15 is 0 Å². The molecule has 0 amide bonds. The molecule has 2 rings (SSSR count). The van der Waals surface area contributed by atoms with E-state index in [4.69, 9.17) is 28.9 Å². The lowest BCUT2D eigenvalue weighted by Gasteiger charge is -2.06. The van der Waals surface area contributed by atoms with Crippen LogP contribution in [0.1, 0.15) is 35.6 Å². The summed E-state index contributed by atoms with van der Waals surface area (Å²) in [5.41, 5.74) is 8.22. The Morgan fingerprint density at radius 1 is 1.29 bits per heavy atom. The van der Waals surface area contributed by atoms with E-state index in [1.807, 2.05) is 13.8 Å². The molecule has 0 aliphatic carbocycles. The van der Waals surface area contributed by atoms with Crippen molar-refractivity contribution in [1.82, 2.24) is 9.78 Å². The smallest absolute Gasteiger partial charge is 0.168 e. The molecule has 0 fully saturated rings. The van der Waals surface area contributed by atoms with Gasteiger partial charge in [-0.1, -0.05) is 30.1 Å². The van der Waals surface area contributed by atoms with Crippen molar-refractivity contribution >= 4 is 34.7 Å². The molecule has 0 atom stereocenters. The maximum absolute atomic E-state index is 12.4. The Morgan fingerprint density at radius 3 is 2.57 bits per heavy atom. The van der Waals surface area contributed by atoms with Crippen LogP contribution in [0.2, 0.25) is 10.0 Å². The van der Waals surface area contributed by atoms with Gasteiger partial charge in [0.05, 0.1) is 22.8 Å². The molecule has 0 aliphatic rings. The number of aryl methyl sites for hydroxylation is 2. The normalized spacial score (nSPS) is 10.9. The van der Waals surface area contributed by atoms with Gasteiger partial charge in [0.15, 0.2) is 5.78 Å². The number of Topliss-reactive ketones (excluding diaryl/α,β-unsaturated/α-hetero) is 1. The van der Waals surface area contributed by atoms with Crippen LogP contribution in [0.5, 0.6) is 0 Å². The van der Waals surface area contributed by atoms with Crippen LogP contribution >= 0.6 is 23.2 Å². The summed E-state index contributed by atoms with van der Waals surface area (Å²) in [5, 5.41) is 5.43. The van der Waals surface area contributed by atoms with Crippen molar-refractivity contribution in [3.05, 3.63) is 45.2 Å². The number of nitrogens with two attached hydrogens (primary N) is 1. The summed E-state index contributed by atoms with van der Waals surface area (Å²) in [6.07, 6.45) is 0.913. The number of hydrogen-bond acceptors (Lipinski definition) is 3. The summed E-state index contributed by atoms with van der Waals surface area (Å²) in [4.78, 5) is 12.4. The third kappa shape index (κ3) is 3.39. The van der Waals surface area contributed by atoms with Crippen molar-refractivity contribution in [2.75, 3.05) is 5.73 Å². The Labute approximate surface area is 133 Å². The van der Waals surface area contributed by atoms with Crippen LogP contribution in [0.15, 0.2) is 18.2 Å². The van der Waals surface area contributed by atoms with Crippen LogP contribution in [-0.4, -0.2) is 15.6 Å². The Morgan fingerprint density at radius 2 is 2.00 bits per heavy atom. The maximum Gasteiger partial charge on any atom is 0.168 e. The van der Waals surface area contributed by atoms with E-state index in [2.05, 4.69) is 5.10 Å². The van der Waals surface area contributed by atoms with Crippen LogP contribution in [0.25, 0.3) is 0 Å². The summed E-state index contributed by atoms with van der Waals surface area (Å²) in [5.74, 6) is -0.0802. The molecule has 112 valence electrons. The van der Waals surface area contributed by atoms with Crippen LogP contribution < -0.4 is 5.73 Å². The first-order valence-electron chi connectivity index (χ1n) is 6.79. The minimum Gasteiger partial charge on any atom is -0.399 e. The number of anilines is 1. The maximum atomic E-state index is 12.4. The topological polar surface area (TPSA) is 60.9 Å². The van der Waals surface area contributed by atoms with E-state index in [1.54, 1.807) is 22.9 Å².